The van der Waals surface area contributed by atoms with Crippen LogP contribution in [0.25, 0.3) is 0 Å². The van der Waals surface area contributed by atoms with Crippen LogP contribution in [0.3, 0.4) is 0 Å². The third-order valence-corrected chi connectivity index (χ3v) is 5.53. The van der Waals surface area contributed by atoms with Gasteiger partial charge in [-0.3, -0.25) is 0 Å². The van der Waals surface area contributed by atoms with Crippen molar-refractivity contribution >= 4 is 0 Å². The summed E-state index contributed by atoms with van der Waals surface area (Å²) in [6.07, 6.45) is 13.4. The highest BCUT2D eigenvalue weighted by molar-refractivity contribution is 4.94. The van der Waals surface area contributed by atoms with Gasteiger partial charge in [0.05, 0.1) is 5.60 Å². The Morgan fingerprint density at radius 2 is 1.76 bits per heavy atom. The molecule has 2 saturated carbocycles. The fourth-order valence-corrected chi connectivity index (χ4v) is 4.58. The molecule has 1 aliphatic heterocycles. The van der Waals surface area contributed by atoms with Gasteiger partial charge in [-0.2, -0.15) is 0 Å². The van der Waals surface area contributed by atoms with Crippen LogP contribution in [-0.4, -0.2) is 18.2 Å². The highest BCUT2D eigenvalue weighted by Crippen LogP contribution is 2.45. The van der Waals surface area contributed by atoms with Gasteiger partial charge < -0.3 is 10.5 Å². The van der Waals surface area contributed by atoms with Gasteiger partial charge in [-0.15, -0.1) is 0 Å². The molecule has 3 unspecified atom stereocenters. The molecule has 3 rings (SSSR count). The molecule has 2 heteroatoms. The third-order valence-electron chi connectivity index (χ3n) is 5.53. The lowest BCUT2D eigenvalue weighted by Gasteiger charge is -2.45. The molecule has 1 saturated heterocycles. The number of nitrogens with two attached hydrogens (primary N) is 1. The Morgan fingerprint density at radius 3 is 2.47 bits per heavy atom. The second kappa shape index (κ2) is 4.89. The van der Waals surface area contributed by atoms with E-state index < -0.39 is 0 Å². The second-order valence-corrected chi connectivity index (χ2v) is 6.60. The Kier molecular flexibility index (Phi) is 3.45. The maximum Gasteiger partial charge on any atom is 0.0685 e. The summed E-state index contributed by atoms with van der Waals surface area (Å²) >= 11 is 0. The minimum atomic E-state index is 0.267. The number of rotatable bonds is 1. The summed E-state index contributed by atoms with van der Waals surface area (Å²) in [5.74, 6) is 1.66. The predicted octanol–water partition coefficient (Wildman–Crippen LogP) is 3.24. The van der Waals surface area contributed by atoms with Crippen molar-refractivity contribution in [3.8, 4) is 0 Å². The predicted molar refractivity (Wildman–Crippen MR) is 69.8 cm³/mol. The van der Waals surface area contributed by atoms with Crippen molar-refractivity contribution in [3.05, 3.63) is 0 Å². The Labute approximate surface area is 105 Å². The van der Waals surface area contributed by atoms with Crippen LogP contribution in [0.4, 0.5) is 0 Å². The summed E-state index contributed by atoms with van der Waals surface area (Å²) in [6.45, 7) is 0.994. The van der Waals surface area contributed by atoms with Gasteiger partial charge in [0.25, 0.3) is 0 Å². The average Bonchev–Trinajstić information content (AvgIpc) is 2.77. The molecule has 2 nitrogen and oxygen atoms in total. The topological polar surface area (TPSA) is 35.2 Å². The highest BCUT2D eigenvalue weighted by Gasteiger charge is 2.42. The molecule has 3 fully saturated rings. The van der Waals surface area contributed by atoms with E-state index >= 15 is 0 Å². The molecule has 0 bridgehead atoms. The zero-order valence-electron chi connectivity index (χ0n) is 11.0. The van der Waals surface area contributed by atoms with Crippen molar-refractivity contribution in [1.82, 2.24) is 0 Å². The smallest absolute Gasteiger partial charge is 0.0685 e. The van der Waals surface area contributed by atoms with E-state index in [9.17, 15) is 0 Å². The SMILES string of the molecule is NC1CCCC1C1CCOC2(CCCCC2)C1. The van der Waals surface area contributed by atoms with Crippen LogP contribution < -0.4 is 5.73 Å². The summed E-state index contributed by atoms with van der Waals surface area (Å²) in [4.78, 5) is 0. The molecule has 0 amide bonds. The molecule has 0 aromatic heterocycles. The summed E-state index contributed by atoms with van der Waals surface area (Å²) in [5.41, 5.74) is 6.55. The lowest BCUT2D eigenvalue weighted by Crippen LogP contribution is -2.45. The Balaban J connectivity index is 1.66. The van der Waals surface area contributed by atoms with E-state index in [1.165, 1.54) is 64.2 Å². The maximum absolute atomic E-state index is 6.29. The molecule has 2 N–H and O–H groups in total. The van der Waals surface area contributed by atoms with E-state index in [4.69, 9.17) is 10.5 Å². The van der Waals surface area contributed by atoms with Gasteiger partial charge in [0.1, 0.15) is 0 Å². The molecule has 0 aromatic carbocycles. The minimum Gasteiger partial charge on any atom is -0.375 e. The molecule has 0 radical (unpaired) electrons. The lowest BCUT2D eigenvalue weighted by molar-refractivity contribution is -0.125. The fourth-order valence-electron chi connectivity index (χ4n) is 4.58. The van der Waals surface area contributed by atoms with Gasteiger partial charge in [0.15, 0.2) is 0 Å². The van der Waals surface area contributed by atoms with E-state index in [2.05, 4.69) is 0 Å². The summed E-state index contributed by atoms with van der Waals surface area (Å²) in [6, 6.07) is 0.485. The third kappa shape index (κ3) is 2.39. The Hall–Kier alpha value is -0.0800. The molecule has 3 aliphatic rings. The van der Waals surface area contributed by atoms with Crippen LogP contribution in [0.2, 0.25) is 0 Å². The van der Waals surface area contributed by atoms with Gasteiger partial charge in [-0.1, -0.05) is 25.7 Å². The van der Waals surface area contributed by atoms with E-state index in [0.29, 0.717) is 6.04 Å². The molecule has 17 heavy (non-hydrogen) atoms. The molecule has 0 aromatic rings. The van der Waals surface area contributed by atoms with Crippen LogP contribution >= 0.6 is 0 Å². The summed E-state index contributed by atoms with van der Waals surface area (Å²) in [5, 5.41) is 0. The summed E-state index contributed by atoms with van der Waals surface area (Å²) < 4.78 is 6.19. The zero-order chi connectivity index (χ0) is 11.7. The molecule has 1 spiro atoms. The van der Waals surface area contributed by atoms with Gasteiger partial charge in [0.2, 0.25) is 0 Å². The van der Waals surface area contributed by atoms with Crippen molar-refractivity contribution < 1.29 is 4.74 Å². The van der Waals surface area contributed by atoms with E-state index in [-0.39, 0.29) is 5.60 Å². The van der Waals surface area contributed by atoms with E-state index in [0.717, 1.165) is 18.4 Å². The lowest BCUT2D eigenvalue weighted by atomic mass is 9.71. The second-order valence-electron chi connectivity index (χ2n) is 6.60. The zero-order valence-corrected chi connectivity index (χ0v) is 11.0. The van der Waals surface area contributed by atoms with E-state index in [1.54, 1.807) is 0 Å². The van der Waals surface area contributed by atoms with Crippen molar-refractivity contribution in [2.24, 2.45) is 17.6 Å². The van der Waals surface area contributed by atoms with Gasteiger partial charge in [-0.25, -0.2) is 0 Å². The Morgan fingerprint density at radius 1 is 0.941 bits per heavy atom. The van der Waals surface area contributed by atoms with Crippen molar-refractivity contribution in [3.63, 3.8) is 0 Å². The number of hydrogen-bond donors (Lipinski definition) is 1. The monoisotopic (exact) mass is 237 g/mol. The molecule has 1 heterocycles. The van der Waals surface area contributed by atoms with Crippen molar-refractivity contribution in [2.75, 3.05) is 6.61 Å². The molecule has 2 aliphatic carbocycles. The first kappa shape index (κ1) is 12.0. The van der Waals surface area contributed by atoms with Gasteiger partial charge in [-0.05, 0) is 50.4 Å². The Bertz CT molecular complexity index is 254. The van der Waals surface area contributed by atoms with Crippen LogP contribution in [-0.2, 0) is 4.74 Å². The first-order valence-corrected chi connectivity index (χ1v) is 7.69. The number of ether oxygens (including phenoxy) is 1. The van der Waals surface area contributed by atoms with Crippen LogP contribution in [0, 0.1) is 11.8 Å². The van der Waals surface area contributed by atoms with Crippen LogP contribution in [0.1, 0.15) is 64.2 Å². The quantitative estimate of drug-likeness (QED) is 0.760. The largest absolute Gasteiger partial charge is 0.375 e. The van der Waals surface area contributed by atoms with E-state index in [1.807, 2.05) is 0 Å². The maximum atomic E-state index is 6.29. The molecule has 98 valence electrons. The first-order chi connectivity index (χ1) is 8.29. The molecule has 3 atom stereocenters. The first-order valence-electron chi connectivity index (χ1n) is 7.69. The average molecular weight is 237 g/mol. The van der Waals surface area contributed by atoms with Crippen LogP contribution in [0.5, 0.6) is 0 Å². The standard InChI is InChI=1S/C15H27NO/c16-14-6-4-5-13(14)12-7-10-17-15(11-12)8-2-1-3-9-15/h12-14H,1-11,16H2. The van der Waals surface area contributed by atoms with Crippen molar-refractivity contribution in [1.29, 1.82) is 0 Å². The molecular weight excluding hydrogens is 210 g/mol. The minimum absolute atomic E-state index is 0.267. The van der Waals surface area contributed by atoms with Gasteiger partial charge in [0, 0.05) is 12.6 Å². The molecular formula is C15H27NO. The highest BCUT2D eigenvalue weighted by atomic mass is 16.5. The number of hydrogen-bond acceptors (Lipinski definition) is 2. The summed E-state index contributed by atoms with van der Waals surface area (Å²) in [7, 11) is 0. The van der Waals surface area contributed by atoms with Crippen molar-refractivity contribution in [2.45, 2.75) is 75.9 Å². The fraction of sp³-hybridized carbons (Fsp3) is 1.00. The normalized spacial score (nSPS) is 41.8. The van der Waals surface area contributed by atoms with Crippen LogP contribution in [0.15, 0.2) is 0 Å². The van der Waals surface area contributed by atoms with Gasteiger partial charge >= 0.3 is 0 Å².